The molecule has 0 atom stereocenters. The van der Waals surface area contributed by atoms with E-state index in [1.165, 1.54) is 0 Å². The van der Waals surface area contributed by atoms with Gasteiger partial charge < -0.3 is 4.74 Å². The summed E-state index contributed by atoms with van der Waals surface area (Å²) in [5.41, 5.74) is 5.48. The van der Waals surface area contributed by atoms with E-state index in [9.17, 15) is 4.79 Å². The van der Waals surface area contributed by atoms with E-state index in [2.05, 4.69) is 22.6 Å². The highest BCUT2D eigenvalue weighted by Gasteiger charge is 2.20. The summed E-state index contributed by atoms with van der Waals surface area (Å²) in [4.78, 5) is 19.4. The molecule has 1 amide bonds. The molecule has 0 bridgehead atoms. The Morgan fingerprint density at radius 1 is 1.19 bits per heavy atom. The third-order valence-corrected chi connectivity index (χ3v) is 6.01. The summed E-state index contributed by atoms with van der Waals surface area (Å²) in [5, 5.41) is 2.39. The summed E-state index contributed by atoms with van der Waals surface area (Å²) in [7, 11) is 0. The minimum absolute atomic E-state index is 0.0646. The summed E-state index contributed by atoms with van der Waals surface area (Å²) < 4.78 is 5.32. The van der Waals surface area contributed by atoms with Crippen molar-refractivity contribution in [2.24, 2.45) is 4.99 Å². The van der Waals surface area contributed by atoms with Gasteiger partial charge in [0.05, 0.1) is 18.9 Å². The maximum absolute atomic E-state index is 12.6. The molecule has 0 unspecified atom stereocenters. The molecular formula is C20H20ClN3O2S. The van der Waals surface area contributed by atoms with Crippen LogP contribution in [-0.4, -0.2) is 42.4 Å². The van der Waals surface area contributed by atoms with Crippen molar-refractivity contribution in [2.75, 3.05) is 26.3 Å². The van der Waals surface area contributed by atoms with Gasteiger partial charge in [0.25, 0.3) is 5.91 Å². The summed E-state index contributed by atoms with van der Waals surface area (Å²) >= 11 is 8.12. The fourth-order valence-corrected chi connectivity index (χ4v) is 4.47. The van der Waals surface area contributed by atoms with Crippen molar-refractivity contribution in [1.29, 1.82) is 0 Å². The monoisotopic (exact) mass is 401 g/mol. The molecule has 0 saturated carbocycles. The average molecular weight is 402 g/mol. The molecule has 4 rings (SSSR count). The Kier molecular flexibility index (Phi) is 5.78. The third kappa shape index (κ3) is 4.35. The van der Waals surface area contributed by atoms with E-state index in [1.54, 1.807) is 11.8 Å². The van der Waals surface area contributed by atoms with Crippen molar-refractivity contribution in [1.82, 2.24) is 10.4 Å². The van der Waals surface area contributed by atoms with E-state index in [0.717, 1.165) is 26.6 Å². The number of thioether (sulfide) groups is 1. The fraction of sp³-hybridized carbons (Fsp3) is 0.300. The molecule has 140 valence electrons. The molecule has 1 aromatic rings. The van der Waals surface area contributed by atoms with Gasteiger partial charge in [-0.15, -0.1) is 0 Å². The van der Waals surface area contributed by atoms with Crippen LogP contribution in [0.5, 0.6) is 0 Å². The molecule has 5 nitrogen and oxygen atoms in total. The van der Waals surface area contributed by atoms with E-state index >= 15 is 0 Å². The van der Waals surface area contributed by atoms with Crippen LogP contribution in [0.25, 0.3) is 0 Å². The van der Waals surface area contributed by atoms with E-state index < -0.39 is 0 Å². The molecule has 0 aromatic heterocycles. The molecule has 1 N–H and O–H groups in total. The number of aliphatic imine (C=N–C) groups is 1. The number of benzene rings is 1. The fourth-order valence-electron chi connectivity index (χ4n) is 3.08. The van der Waals surface area contributed by atoms with Gasteiger partial charge in [0, 0.05) is 34.0 Å². The average Bonchev–Trinajstić information content (AvgIpc) is 2.80. The first-order valence-corrected chi connectivity index (χ1v) is 10.1. The number of fused-ring (bicyclic) bond motifs is 2. The Morgan fingerprint density at radius 3 is 2.85 bits per heavy atom. The van der Waals surface area contributed by atoms with Crippen LogP contribution in [0.4, 0.5) is 0 Å². The summed E-state index contributed by atoms with van der Waals surface area (Å²) in [6, 6.07) is 8.00. The molecule has 1 aliphatic carbocycles. The third-order valence-electron chi connectivity index (χ3n) is 4.55. The second kappa shape index (κ2) is 8.44. The minimum atomic E-state index is -0.0646. The number of carbonyl (C=O) groups excluding carboxylic acids is 1. The van der Waals surface area contributed by atoms with E-state index in [1.807, 2.05) is 35.4 Å². The molecule has 3 aliphatic rings. The molecule has 7 heteroatoms. The summed E-state index contributed by atoms with van der Waals surface area (Å²) in [6.07, 6.45) is 7.28. The number of ether oxygens (including phenoxy) is 1. The SMILES string of the molecule is O=C(NN1CCOCC1)/C1=C/CC=C2Sc3ccccc3C(Cl)=N/C2=C/C1. The zero-order valence-electron chi connectivity index (χ0n) is 14.8. The number of carbonyl (C=O) groups is 1. The van der Waals surface area contributed by atoms with Crippen LogP contribution in [0.2, 0.25) is 0 Å². The summed E-state index contributed by atoms with van der Waals surface area (Å²) in [6.45, 7) is 2.69. The first kappa shape index (κ1) is 18.5. The smallest absolute Gasteiger partial charge is 0.261 e. The van der Waals surface area contributed by atoms with Crippen molar-refractivity contribution in [3.8, 4) is 0 Å². The lowest BCUT2D eigenvalue weighted by molar-refractivity contribution is -0.124. The molecule has 1 fully saturated rings. The standard InChI is InChI=1S/C20H20ClN3O2S/c21-19-15-5-1-2-6-17(15)27-18-7-3-4-14(8-9-16(18)22-19)20(25)23-24-10-12-26-13-11-24/h1-2,4-7,9H,3,8,10-13H2,(H,23,25)/b14-4+,16-9+,18-7?. The number of allylic oxidation sites excluding steroid dienone is 3. The number of halogens is 1. The largest absolute Gasteiger partial charge is 0.379 e. The van der Waals surface area contributed by atoms with Crippen LogP contribution in [0.3, 0.4) is 0 Å². The second-order valence-electron chi connectivity index (χ2n) is 6.37. The van der Waals surface area contributed by atoms with Gasteiger partial charge in [-0.25, -0.2) is 10.0 Å². The maximum Gasteiger partial charge on any atom is 0.261 e. The number of hydrogen-bond acceptors (Lipinski definition) is 5. The number of hydrogen-bond donors (Lipinski definition) is 1. The molecule has 2 aliphatic heterocycles. The van der Waals surface area contributed by atoms with E-state index in [4.69, 9.17) is 16.3 Å². The topological polar surface area (TPSA) is 53.9 Å². The lowest BCUT2D eigenvalue weighted by atomic mass is 10.1. The van der Waals surface area contributed by atoms with Gasteiger partial charge in [-0.05, 0) is 18.9 Å². The van der Waals surface area contributed by atoms with Gasteiger partial charge in [-0.3, -0.25) is 10.2 Å². The molecule has 1 aromatic carbocycles. The van der Waals surface area contributed by atoms with Gasteiger partial charge in [-0.1, -0.05) is 59.8 Å². The van der Waals surface area contributed by atoms with Crippen LogP contribution >= 0.6 is 23.4 Å². The van der Waals surface area contributed by atoms with Gasteiger partial charge in [0.1, 0.15) is 5.17 Å². The quantitative estimate of drug-likeness (QED) is 0.822. The zero-order chi connectivity index (χ0) is 18.6. The minimum Gasteiger partial charge on any atom is -0.379 e. The first-order valence-electron chi connectivity index (χ1n) is 8.95. The second-order valence-corrected chi connectivity index (χ2v) is 7.81. The highest BCUT2D eigenvalue weighted by molar-refractivity contribution is 8.03. The molecule has 0 spiro atoms. The predicted molar refractivity (Wildman–Crippen MR) is 109 cm³/mol. The number of rotatable bonds is 2. The molecule has 0 radical (unpaired) electrons. The predicted octanol–water partition coefficient (Wildman–Crippen LogP) is 3.63. The zero-order valence-corrected chi connectivity index (χ0v) is 16.4. The Morgan fingerprint density at radius 2 is 2.00 bits per heavy atom. The number of hydrazine groups is 1. The first-order chi connectivity index (χ1) is 13.2. The van der Waals surface area contributed by atoms with Gasteiger partial charge in [-0.2, -0.15) is 0 Å². The Balaban J connectivity index is 1.54. The lowest BCUT2D eigenvalue weighted by Gasteiger charge is -2.27. The van der Waals surface area contributed by atoms with Crippen molar-refractivity contribution >= 4 is 34.4 Å². The number of amides is 1. The van der Waals surface area contributed by atoms with Crippen molar-refractivity contribution in [3.63, 3.8) is 0 Å². The molecule has 2 heterocycles. The van der Waals surface area contributed by atoms with Gasteiger partial charge >= 0.3 is 0 Å². The van der Waals surface area contributed by atoms with Crippen LogP contribution < -0.4 is 5.43 Å². The van der Waals surface area contributed by atoms with Crippen LogP contribution in [0.1, 0.15) is 18.4 Å². The van der Waals surface area contributed by atoms with Crippen LogP contribution in [-0.2, 0) is 9.53 Å². The van der Waals surface area contributed by atoms with E-state index in [0.29, 0.717) is 44.3 Å². The van der Waals surface area contributed by atoms with Crippen LogP contribution in [0.15, 0.2) is 68.6 Å². The van der Waals surface area contributed by atoms with Crippen molar-refractivity contribution < 1.29 is 9.53 Å². The number of nitrogens with one attached hydrogen (secondary N) is 1. The Hall–Kier alpha value is -1.86. The molecular weight excluding hydrogens is 382 g/mol. The Bertz CT molecular complexity index is 870. The van der Waals surface area contributed by atoms with Crippen molar-refractivity contribution in [3.05, 3.63) is 64.2 Å². The van der Waals surface area contributed by atoms with E-state index in [-0.39, 0.29) is 5.91 Å². The molecule has 27 heavy (non-hydrogen) atoms. The number of nitrogens with zero attached hydrogens (tertiary/aromatic N) is 2. The highest BCUT2D eigenvalue weighted by atomic mass is 35.5. The lowest BCUT2D eigenvalue weighted by Crippen LogP contribution is -2.48. The van der Waals surface area contributed by atoms with Gasteiger partial charge in [0.2, 0.25) is 0 Å². The summed E-state index contributed by atoms with van der Waals surface area (Å²) in [5.74, 6) is -0.0646. The van der Waals surface area contributed by atoms with Crippen molar-refractivity contribution in [2.45, 2.75) is 17.7 Å². The highest BCUT2D eigenvalue weighted by Crippen LogP contribution is 2.39. The normalized spacial score (nSPS) is 24.3. The number of morpholine rings is 1. The van der Waals surface area contributed by atoms with Gasteiger partial charge in [0.15, 0.2) is 0 Å². The molecule has 1 saturated heterocycles. The Labute approximate surface area is 167 Å². The van der Waals surface area contributed by atoms with Crippen LogP contribution in [0, 0.1) is 0 Å². The maximum atomic E-state index is 12.6.